The Hall–Kier alpha value is -2.18. The Morgan fingerprint density at radius 3 is 2.63 bits per heavy atom. The molecule has 102 valence electrons. The molecule has 0 unspecified atom stereocenters. The van der Waals surface area contributed by atoms with Gasteiger partial charge in [0.2, 0.25) is 17.8 Å². The van der Waals surface area contributed by atoms with Crippen LogP contribution in [0.1, 0.15) is 20.3 Å². The van der Waals surface area contributed by atoms with Crippen molar-refractivity contribution in [1.29, 1.82) is 0 Å². The smallest absolute Gasteiger partial charge is 0.241 e. The lowest BCUT2D eigenvalue weighted by Crippen LogP contribution is -2.12. The van der Waals surface area contributed by atoms with Crippen molar-refractivity contribution in [1.82, 2.24) is 24.5 Å². The van der Waals surface area contributed by atoms with E-state index < -0.39 is 0 Å². The topological polar surface area (TPSA) is 80.5 Å². The molecule has 2 heterocycles. The van der Waals surface area contributed by atoms with Crippen molar-refractivity contribution >= 4 is 11.9 Å². The van der Waals surface area contributed by atoms with Gasteiger partial charge in [-0.3, -0.25) is 4.57 Å². The Kier molecular flexibility index (Phi) is 4.27. The van der Waals surface area contributed by atoms with Crippen molar-refractivity contribution in [2.24, 2.45) is 5.92 Å². The molecule has 0 aliphatic heterocycles. The van der Waals surface area contributed by atoms with Crippen LogP contribution in [0, 0.1) is 5.92 Å². The molecule has 0 fully saturated rings. The molecule has 0 saturated carbocycles. The Labute approximate surface area is 112 Å². The molecule has 2 rings (SSSR count). The predicted octanol–water partition coefficient (Wildman–Crippen LogP) is 1.56. The van der Waals surface area contributed by atoms with Gasteiger partial charge in [-0.05, 0) is 12.3 Å². The first kappa shape index (κ1) is 13.3. The highest BCUT2D eigenvalue weighted by Crippen LogP contribution is 2.09. The summed E-state index contributed by atoms with van der Waals surface area (Å²) >= 11 is 0. The van der Waals surface area contributed by atoms with Crippen LogP contribution in [0.3, 0.4) is 0 Å². The van der Waals surface area contributed by atoms with Gasteiger partial charge in [0.05, 0.1) is 0 Å². The van der Waals surface area contributed by atoms with E-state index in [1.807, 2.05) is 0 Å². The van der Waals surface area contributed by atoms with Crippen LogP contribution in [0.2, 0.25) is 0 Å². The predicted molar refractivity (Wildman–Crippen MR) is 74.4 cm³/mol. The zero-order valence-electron chi connectivity index (χ0n) is 11.5. The minimum absolute atomic E-state index is 0.533. The highest BCUT2D eigenvalue weighted by Gasteiger charge is 2.06. The van der Waals surface area contributed by atoms with Crippen LogP contribution in [0.4, 0.5) is 11.9 Å². The third kappa shape index (κ3) is 3.64. The Morgan fingerprint density at radius 2 is 2.00 bits per heavy atom. The molecule has 0 aliphatic rings. The second kappa shape index (κ2) is 6.12. The maximum absolute atomic E-state index is 4.37. The molecule has 19 heavy (non-hydrogen) atoms. The molecule has 0 atom stereocenters. The van der Waals surface area contributed by atoms with E-state index in [1.165, 1.54) is 0 Å². The molecule has 7 heteroatoms. The quantitative estimate of drug-likeness (QED) is 0.821. The molecule has 0 spiro atoms. The molecule has 0 radical (unpaired) electrons. The fourth-order valence-electron chi connectivity index (χ4n) is 1.52. The number of nitrogens with zero attached hydrogens (tertiary/aromatic N) is 5. The standard InChI is InChI=1S/C12H19N7/c1-9(2)4-5-15-11-16-10(13-3)17-12(18-11)19-7-6-14-8-19/h6-9H,4-5H2,1-3H3,(H2,13,15,16,17,18). The molecule has 2 N–H and O–H groups in total. The monoisotopic (exact) mass is 261 g/mol. The molecular formula is C12H19N7. The zero-order valence-corrected chi connectivity index (χ0v) is 11.5. The molecule has 2 aromatic rings. The van der Waals surface area contributed by atoms with Crippen molar-refractivity contribution in [3.05, 3.63) is 18.7 Å². The normalized spacial score (nSPS) is 10.7. The number of imidazole rings is 1. The van der Waals surface area contributed by atoms with Crippen LogP contribution in [0.5, 0.6) is 0 Å². The van der Waals surface area contributed by atoms with E-state index in [2.05, 4.69) is 44.4 Å². The average Bonchev–Trinajstić information content (AvgIpc) is 2.92. The summed E-state index contributed by atoms with van der Waals surface area (Å²) in [5.41, 5.74) is 0. The number of hydrogen-bond acceptors (Lipinski definition) is 6. The van der Waals surface area contributed by atoms with Gasteiger partial charge >= 0.3 is 0 Å². The van der Waals surface area contributed by atoms with Gasteiger partial charge in [0.25, 0.3) is 0 Å². The second-order valence-electron chi connectivity index (χ2n) is 4.61. The van der Waals surface area contributed by atoms with Crippen LogP contribution in [-0.4, -0.2) is 38.1 Å². The minimum Gasteiger partial charge on any atom is -0.357 e. The fourth-order valence-corrected chi connectivity index (χ4v) is 1.52. The van der Waals surface area contributed by atoms with Gasteiger partial charge in [-0.25, -0.2) is 4.98 Å². The van der Waals surface area contributed by atoms with Crippen molar-refractivity contribution in [3.63, 3.8) is 0 Å². The number of rotatable bonds is 6. The Bertz CT molecular complexity index is 507. The van der Waals surface area contributed by atoms with Crippen LogP contribution in [0.15, 0.2) is 18.7 Å². The lowest BCUT2D eigenvalue weighted by Gasteiger charge is -2.09. The van der Waals surface area contributed by atoms with E-state index in [1.54, 1.807) is 30.3 Å². The number of hydrogen-bond donors (Lipinski definition) is 2. The van der Waals surface area contributed by atoms with Gasteiger partial charge in [-0.2, -0.15) is 15.0 Å². The van der Waals surface area contributed by atoms with E-state index in [0.29, 0.717) is 23.8 Å². The van der Waals surface area contributed by atoms with E-state index in [9.17, 15) is 0 Å². The highest BCUT2D eigenvalue weighted by atomic mass is 15.3. The minimum atomic E-state index is 0.533. The van der Waals surface area contributed by atoms with Crippen LogP contribution in [0.25, 0.3) is 5.95 Å². The summed E-state index contributed by atoms with van der Waals surface area (Å²) in [6, 6.07) is 0. The Morgan fingerprint density at radius 1 is 1.21 bits per heavy atom. The fraction of sp³-hybridized carbons (Fsp3) is 0.500. The summed E-state index contributed by atoms with van der Waals surface area (Å²) < 4.78 is 1.75. The molecule has 7 nitrogen and oxygen atoms in total. The van der Waals surface area contributed by atoms with E-state index >= 15 is 0 Å². The van der Waals surface area contributed by atoms with Gasteiger partial charge in [-0.15, -0.1) is 0 Å². The SMILES string of the molecule is CNc1nc(NCCC(C)C)nc(-n2ccnc2)n1. The second-order valence-corrected chi connectivity index (χ2v) is 4.61. The zero-order chi connectivity index (χ0) is 13.7. The maximum atomic E-state index is 4.37. The van der Waals surface area contributed by atoms with Gasteiger partial charge in [0, 0.05) is 26.0 Å². The summed E-state index contributed by atoms with van der Waals surface area (Å²) in [6.07, 6.45) is 6.22. The first-order valence-corrected chi connectivity index (χ1v) is 6.35. The number of anilines is 2. The lowest BCUT2D eigenvalue weighted by molar-refractivity contribution is 0.605. The summed E-state index contributed by atoms with van der Waals surface area (Å²) in [5.74, 6) is 2.30. The van der Waals surface area contributed by atoms with E-state index in [0.717, 1.165) is 13.0 Å². The van der Waals surface area contributed by atoms with Crippen LogP contribution in [-0.2, 0) is 0 Å². The molecule has 0 amide bonds. The molecule has 0 aromatic carbocycles. The molecule has 0 bridgehead atoms. The summed E-state index contributed by atoms with van der Waals surface area (Å²) in [5, 5.41) is 6.15. The van der Waals surface area contributed by atoms with E-state index in [-0.39, 0.29) is 0 Å². The van der Waals surface area contributed by atoms with Crippen molar-refractivity contribution in [3.8, 4) is 5.95 Å². The molecular weight excluding hydrogens is 242 g/mol. The summed E-state index contributed by atoms with van der Waals surface area (Å²) in [4.78, 5) is 16.9. The Balaban J connectivity index is 2.16. The molecule has 2 aromatic heterocycles. The van der Waals surface area contributed by atoms with E-state index in [4.69, 9.17) is 0 Å². The summed E-state index contributed by atoms with van der Waals surface area (Å²) in [7, 11) is 1.78. The van der Waals surface area contributed by atoms with Gasteiger partial charge in [-0.1, -0.05) is 13.8 Å². The van der Waals surface area contributed by atoms with Gasteiger partial charge in [0.15, 0.2) is 0 Å². The summed E-state index contributed by atoms with van der Waals surface area (Å²) in [6.45, 7) is 5.21. The average molecular weight is 261 g/mol. The first-order chi connectivity index (χ1) is 9.19. The van der Waals surface area contributed by atoms with Gasteiger partial charge in [0.1, 0.15) is 6.33 Å². The molecule has 0 saturated heterocycles. The third-order valence-corrected chi connectivity index (χ3v) is 2.59. The van der Waals surface area contributed by atoms with Crippen LogP contribution < -0.4 is 10.6 Å². The van der Waals surface area contributed by atoms with Crippen molar-refractivity contribution in [2.45, 2.75) is 20.3 Å². The lowest BCUT2D eigenvalue weighted by atomic mass is 10.1. The molecule has 0 aliphatic carbocycles. The first-order valence-electron chi connectivity index (χ1n) is 6.35. The van der Waals surface area contributed by atoms with Crippen molar-refractivity contribution in [2.75, 3.05) is 24.2 Å². The number of nitrogens with one attached hydrogen (secondary N) is 2. The largest absolute Gasteiger partial charge is 0.357 e. The van der Waals surface area contributed by atoms with Crippen LogP contribution >= 0.6 is 0 Å². The van der Waals surface area contributed by atoms with Gasteiger partial charge < -0.3 is 10.6 Å². The number of aromatic nitrogens is 5. The third-order valence-electron chi connectivity index (χ3n) is 2.59. The van der Waals surface area contributed by atoms with Crippen molar-refractivity contribution < 1.29 is 0 Å². The highest BCUT2D eigenvalue weighted by molar-refractivity contribution is 5.37. The maximum Gasteiger partial charge on any atom is 0.241 e.